The number of aliphatic imine (C=N–C) groups is 1. The van der Waals surface area contributed by atoms with Crippen LogP contribution in [0, 0.1) is 13.8 Å². The Labute approximate surface area is 179 Å². The average Bonchev–Trinajstić information content (AvgIpc) is 3.38. The lowest BCUT2D eigenvalue weighted by Gasteiger charge is -2.12. The van der Waals surface area contributed by atoms with E-state index < -0.39 is 0 Å². The first-order valence-corrected chi connectivity index (χ1v) is 10.9. The quantitative estimate of drug-likeness (QED) is 0.353. The van der Waals surface area contributed by atoms with E-state index in [4.69, 9.17) is 9.47 Å². The zero-order valence-electron chi connectivity index (χ0n) is 18.4. The van der Waals surface area contributed by atoms with Gasteiger partial charge < -0.3 is 20.1 Å². The predicted molar refractivity (Wildman–Crippen MR) is 118 cm³/mol. The van der Waals surface area contributed by atoms with Gasteiger partial charge in [0.15, 0.2) is 11.8 Å². The minimum Gasteiger partial charge on any atom is -0.379 e. The number of aryl methyl sites for hydroxylation is 2. The summed E-state index contributed by atoms with van der Waals surface area (Å²) < 4.78 is 13.1. The Morgan fingerprint density at radius 3 is 2.90 bits per heavy atom. The number of hydrogen-bond acceptors (Lipinski definition) is 5. The number of aromatic nitrogens is 3. The lowest BCUT2D eigenvalue weighted by molar-refractivity contribution is 0.0168. The van der Waals surface area contributed by atoms with Crippen molar-refractivity contribution in [3.8, 4) is 5.82 Å². The van der Waals surface area contributed by atoms with Crippen molar-refractivity contribution >= 4 is 5.96 Å². The van der Waals surface area contributed by atoms with Crippen LogP contribution in [0.15, 0.2) is 29.4 Å². The van der Waals surface area contributed by atoms with Crippen LogP contribution in [0.25, 0.3) is 5.82 Å². The standard InChI is InChI=1S/C22H34N6O2/c1-4-23-22(24-10-6-11-29-16-20-7-5-12-30-20)26-15-19-8-9-21(25-14-19)28-18(3)13-17(2)27-28/h8-9,13-14,20H,4-7,10-12,15-16H2,1-3H3,(H2,23,24,26). The van der Waals surface area contributed by atoms with E-state index in [1.165, 1.54) is 0 Å². The Hall–Kier alpha value is -2.45. The fraction of sp³-hybridized carbons (Fsp3) is 0.591. The molecular formula is C22H34N6O2. The fourth-order valence-electron chi connectivity index (χ4n) is 3.38. The summed E-state index contributed by atoms with van der Waals surface area (Å²) in [6, 6.07) is 6.07. The summed E-state index contributed by atoms with van der Waals surface area (Å²) in [4.78, 5) is 9.20. The summed E-state index contributed by atoms with van der Waals surface area (Å²) in [7, 11) is 0. The maximum absolute atomic E-state index is 5.71. The molecule has 1 atom stereocenters. The molecule has 0 bridgehead atoms. The van der Waals surface area contributed by atoms with Gasteiger partial charge in [-0.25, -0.2) is 14.7 Å². The maximum Gasteiger partial charge on any atom is 0.191 e. The number of ether oxygens (including phenoxy) is 2. The molecule has 0 aliphatic carbocycles. The monoisotopic (exact) mass is 414 g/mol. The predicted octanol–water partition coefficient (Wildman–Crippen LogP) is 2.52. The van der Waals surface area contributed by atoms with Crippen LogP contribution < -0.4 is 10.6 Å². The van der Waals surface area contributed by atoms with Crippen LogP contribution in [-0.4, -0.2) is 59.7 Å². The van der Waals surface area contributed by atoms with Gasteiger partial charge in [-0.05, 0) is 57.7 Å². The molecule has 2 aromatic heterocycles. The number of hydrogen-bond donors (Lipinski definition) is 2. The van der Waals surface area contributed by atoms with Gasteiger partial charge in [-0.3, -0.25) is 0 Å². The van der Waals surface area contributed by atoms with Crippen LogP contribution in [0.4, 0.5) is 0 Å². The second-order valence-corrected chi connectivity index (χ2v) is 7.55. The summed E-state index contributed by atoms with van der Waals surface area (Å²) in [5.41, 5.74) is 3.11. The number of rotatable bonds is 10. The number of pyridine rings is 1. The van der Waals surface area contributed by atoms with Crippen molar-refractivity contribution in [3.05, 3.63) is 41.3 Å². The molecule has 0 spiro atoms. The van der Waals surface area contributed by atoms with Gasteiger partial charge >= 0.3 is 0 Å². The molecule has 3 rings (SSSR count). The molecule has 8 nitrogen and oxygen atoms in total. The molecule has 1 unspecified atom stereocenters. The number of guanidine groups is 1. The molecule has 0 amide bonds. The van der Waals surface area contributed by atoms with E-state index in [2.05, 4.69) is 32.6 Å². The minimum absolute atomic E-state index is 0.290. The topological polar surface area (TPSA) is 85.6 Å². The minimum atomic E-state index is 0.290. The van der Waals surface area contributed by atoms with Gasteiger partial charge in [0, 0.05) is 38.2 Å². The van der Waals surface area contributed by atoms with Gasteiger partial charge in [0.05, 0.1) is 24.9 Å². The molecular weight excluding hydrogens is 380 g/mol. The molecule has 2 aromatic rings. The van der Waals surface area contributed by atoms with Crippen LogP contribution in [-0.2, 0) is 16.0 Å². The zero-order valence-corrected chi connectivity index (χ0v) is 18.4. The summed E-state index contributed by atoms with van der Waals surface area (Å²) in [6.07, 6.45) is 5.34. The highest BCUT2D eigenvalue weighted by molar-refractivity contribution is 5.79. The van der Waals surface area contributed by atoms with E-state index in [0.717, 1.165) is 74.3 Å². The molecule has 164 valence electrons. The highest BCUT2D eigenvalue weighted by Gasteiger charge is 2.14. The highest BCUT2D eigenvalue weighted by Crippen LogP contribution is 2.12. The van der Waals surface area contributed by atoms with Crippen molar-refractivity contribution in [2.75, 3.05) is 32.9 Å². The Balaban J connectivity index is 1.42. The molecule has 1 saturated heterocycles. The van der Waals surface area contributed by atoms with Gasteiger partial charge in [-0.1, -0.05) is 6.07 Å². The Morgan fingerprint density at radius 2 is 2.23 bits per heavy atom. The van der Waals surface area contributed by atoms with Gasteiger partial charge in [-0.15, -0.1) is 0 Å². The molecule has 0 saturated carbocycles. The molecule has 1 aliphatic rings. The van der Waals surface area contributed by atoms with E-state index in [0.29, 0.717) is 13.2 Å². The van der Waals surface area contributed by atoms with Crippen molar-refractivity contribution in [2.45, 2.75) is 52.7 Å². The van der Waals surface area contributed by atoms with Crippen molar-refractivity contribution < 1.29 is 9.47 Å². The first-order valence-electron chi connectivity index (χ1n) is 10.9. The van der Waals surface area contributed by atoms with Crippen LogP contribution in [0.2, 0.25) is 0 Å². The van der Waals surface area contributed by atoms with Gasteiger partial charge in [0.25, 0.3) is 0 Å². The molecule has 1 aliphatic heterocycles. The van der Waals surface area contributed by atoms with Crippen molar-refractivity contribution in [2.24, 2.45) is 4.99 Å². The Bertz CT molecular complexity index is 796. The first kappa shape index (κ1) is 22.2. The van der Waals surface area contributed by atoms with Crippen molar-refractivity contribution in [3.63, 3.8) is 0 Å². The lowest BCUT2D eigenvalue weighted by atomic mass is 10.2. The average molecular weight is 415 g/mol. The van der Waals surface area contributed by atoms with E-state index in [1.807, 2.05) is 42.9 Å². The molecule has 8 heteroatoms. The van der Waals surface area contributed by atoms with E-state index in [1.54, 1.807) is 0 Å². The first-order chi connectivity index (χ1) is 14.7. The largest absolute Gasteiger partial charge is 0.379 e. The molecule has 2 N–H and O–H groups in total. The maximum atomic E-state index is 5.71. The van der Waals surface area contributed by atoms with E-state index in [-0.39, 0.29) is 6.10 Å². The summed E-state index contributed by atoms with van der Waals surface area (Å²) in [5, 5.41) is 11.1. The summed E-state index contributed by atoms with van der Waals surface area (Å²) in [6.45, 7) is 10.6. The second kappa shape index (κ2) is 11.7. The summed E-state index contributed by atoms with van der Waals surface area (Å²) >= 11 is 0. The van der Waals surface area contributed by atoms with Crippen molar-refractivity contribution in [1.82, 2.24) is 25.4 Å². The second-order valence-electron chi connectivity index (χ2n) is 7.55. The third kappa shape index (κ3) is 6.81. The molecule has 0 aromatic carbocycles. The van der Waals surface area contributed by atoms with E-state index in [9.17, 15) is 0 Å². The Morgan fingerprint density at radius 1 is 1.33 bits per heavy atom. The van der Waals surface area contributed by atoms with E-state index >= 15 is 0 Å². The lowest BCUT2D eigenvalue weighted by Crippen LogP contribution is -2.38. The molecule has 0 radical (unpaired) electrons. The molecule has 30 heavy (non-hydrogen) atoms. The van der Waals surface area contributed by atoms with Crippen LogP contribution >= 0.6 is 0 Å². The van der Waals surface area contributed by atoms with Gasteiger partial charge in [-0.2, -0.15) is 5.10 Å². The van der Waals surface area contributed by atoms with Crippen LogP contribution in [0.3, 0.4) is 0 Å². The van der Waals surface area contributed by atoms with Gasteiger partial charge in [0.1, 0.15) is 0 Å². The zero-order chi connectivity index (χ0) is 21.2. The highest BCUT2D eigenvalue weighted by atomic mass is 16.5. The van der Waals surface area contributed by atoms with Crippen LogP contribution in [0.5, 0.6) is 0 Å². The molecule has 1 fully saturated rings. The van der Waals surface area contributed by atoms with Crippen LogP contribution in [0.1, 0.15) is 43.1 Å². The number of nitrogens with one attached hydrogen (secondary N) is 2. The SMILES string of the molecule is CCNC(=NCc1ccc(-n2nc(C)cc2C)nc1)NCCCOCC1CCCO1. The Kier molecular flexibility index (Phi) is 8.65. The third-order valence-electron chi connectivity index (χ3n) is 4.89. The van der Waals surface area contributed by atoms with Gasteiger partial charge in [0.2, 0.25) is 0 Å². The number of nitrogens with zero attached hydrogens (tertiary/aromatic N) is 4. The molecule has 3 heterocycles. The van der Waals surface area contributed by atoms with Crippen molar-refractivity contribution in [1.29, 1.82) is 0 Å². The third-order valence-corrected chi connectivity index (χ3v) is 4.89. The smallest absolute Gasteiger partial charge is 0.191 e. The summed E-state index contributed by atoms with van der Waals surface area (Å²) in [5.74, 6) is 1.63. The normalized spacial score (nSPS) is 16.8. The fourth-order valence-corrected chi connectivity index (χ4v) is 3.38.